The van der Waals surface area contributed by atoms with Crippen LogP contribution in [0.3, 0.4) is 0 Å². The maximum Gasteiger partial charge on any atom is 0.123 e. The Bertz CT molecular complexity index is 347. The molecule has 1 aromatic rings. The van der Waals surface area contributed by atoms with E-state index in [1.165, 1.54) is 5.19 Å². The standard InChI is InChI=1S/C13H22O4Si/c1-18(2,3)13-9-11(16-6-4-14)8-12(10-13)17-7-5-15/h8-10,14-15H,4-7H2,1-3H3. The fourth-order valence-corrected chi connectivity index (χ4v) is 2.65. The van der Waals surface area contributed by atoms with Crippen molar-refractivity contribution >= 4 is 13.3 Å². The van der Waals surface area contributed by atoms with E-state index >= 15 is 0 Å². The molecule has 0 spiro atoms. The summed E-state index contributed by atoms with van der Waals surface area (Å²) in [5, 5.41) is 18.8. The summed E-state index contributed by atoms with van der Waals surface area (Å²) in [5.74, 6) is 1.41. The van der Waals surface area contributed by atoms with Gasteiger partial charge < -0.3 is 19.7 Å². The second kappa shape index (κ2) is 6.77. The van der Waals surface area contributed by atoms with Crippen LogP contribution in [0.15, 0.2) is 18.2 Å². The molecule has 0 amide bonds. The molecule has 0 unspecified atom stereocenters. The Morgan fingerprint density at radius 2 is 1.33 bits per heavy atom. The lowest BCUT2D eigenvalue weighted by Crippen LogP contribution is -2.37. The monoisotopic (exact) mass is 270 g/mol. The van der Waals surface area contributed by atoms with Gasteiger partial charge in [-0.1, -0.05) is 24.8 Å². The van der Waals surface area contributed by atoms with E-state index < -0.39 is 8.07 Å². The molecule has 0 aliphatic heterocycles. The topological polar surface area (TPSA) is 58.9 Å². The Morgan fingerprint density at radius 1 is 0.889 bits per heavy atom. The minimum Gasteiger partial charge on any atom is -0.491 e. The molecule has 0 bridgehead atoms. The normalized spacial score (nSPS) is 11.4. The Kier molecular flexibility index (Phi) is 5.65. The molecule has 0 aliphatic rings. The third kappa shape index (κ3) is 4.68. The number of hydrogen-bond donors (Lipinski definition) is 2. The first-order valence-electron chi connectivity index (χ1n) is 6.10. The van der Waals surface area contributed by atoms with Crippen LogP contribution < -0.4 is 14.7 Å². The van der Waals surface area contributed by atoms with Crippen molar-refractivity contribution in [2.24, 2.45) is 0 Å². The van der Waals surface area contributed by atoms with Gasteiger partial charge in [0.05, 0.1) is 21.3 Å². The molecule has 0 saturated carbocycles. The van der Waals surface area contributed by atoms with E-state index in [4.69, 9.17) is 19.7 Å². The molecule has 5 heteroatoms. The van der Waals surface area contributed by atoms with Gasteiger partial charge in [0.1, 0.15) is 24.7 Å². The van der Waals surface area contributed by atoms with Gasteiger partial charge in [-0.2, -0.15) is 0 Å². The van der Waals surface area contributed by atoms with Crippen LogP contribution in [-0.4, -0.2) is 44.7 Å². The van der Waals surface area contributed by atoms with Gasteiger partial charge in [0.2, 0.25) is 0 Å². The predicted molar refractivity (Wildman–Crippen MR) is 74.6 cm³/mol. The van der Waals surface area contributed by atoms with Gasteiger partial charge in [-0.15, -0.1) is 0 Å². The lowest BCUT2D eigenvalue weighted by Gasteiger charge is -2.19. The average molecular weight is 270 g/mol. The Morgan fingerprint density at radius 3 is 1.67 bits per heavy atom. The molecule has 1 aromatic carbocycles. The number of rotatable bonds is 7. The van der Waals surface area contributed by atoms with Crippen molar-refractivity contribution in [3.05, 3.63) is 18.2 Å². The average Bonchev–Trinajstić information content (AvgIpc) is 2.32. The summed E-state index contributed by atoms with van der Waals surface area (Å²) in [4.78, 5) is 0. The third-order valence-corrected chi connectivity index (χ3v) is 4.49. The highest BCUT2D eigenvalue weighted by molar-refractivity contribution is 6.88. The molecular weight excluding hydrogens is 248 g/mol. The van der Waals surface area contributed by atoms with Crippen LogP contribution in [0.5, 0.6) is 11.5 Å². The number of aliphatic hydroxyl groups is 2. The van der Waals surface area contributed by atoms with Gasteiger partial charge in [0.25, 0.3) is 0 Å². The fourth-order valence-electron chi connectivity index (χ4n) is 1.50. The van der Waals surface area contributed by atoms with Crippen LogP contribution in [0.25, 0.3) is 0 Å². The summed E-state index contributed by atoms with van der Waals surface area (Å²) in [6.45, 7) is 7.26. The van der Waals surface area contributed by atoms with E-state index in [1.54, 1.807) is 6.07 Å². The van der Waals surface area contributed by atoms with Crippen LogP contribution >= 0.6 is 0 Å². The molecule has 0 atom stereocenters. The van der Waals surface area contributed by atoms with Gasteiger partial charge >= 0.3 is 0 Å². The Balaban J connectivity index is 2.96. The van der Waals surface area contributed by atoms with E-state index in [9.17, 15) is 0 Å². The van der Waals surface area contributed by atoms with Gasteiger partial charge in [0.15, 0.2) is 0 Å². The SMILES string of the molecule is C[Si](C)(C)c1cc(OCCO)cc(OCCO)c1. The summed E-state index contributed by atoms with van der Waals surface area (Å²) in [5.41, 5.74) is 0. The van der Waals surface area contributed by atoms with Gasteiger partial charge in [-0.05, 0) is 12.1 Å². The largest absolute Gasteiger partial charge is 0.491 e. The molecule has 0 radical (unpaired) electrons. The lowest BCUT2D eigenvalue weighted by molar-refractivity contribution is 0.195. The zero-order chi connectivity index (χ0) is 13.6. The fraction of sp³-hybridized carbons (Fsp3) is 0.538. The van der Waals surface area contributed by atoms with Gasteiger partial charge in [0, 0.05) is 6.07 Å². The first kappa shape index (κ1) is 15.0. The second-order valence-electron chi connectivity index (χ2n) is 5.09. The molecule has 0 fully saturated rings. The highest BCUT2D eigenvalue weighted by Crippen LogP contribution is 2.20. The molecular formula is C13H22O4Si. The summed E-state index contributed by atoms with van der Waals surface area (Å²) in [6.07, 6.45) is 0. The van der Waals surface area contributed by atoms with E-state index in [1.807, 2.05) is 12.1 Å². The molecule has 102 valence electrons. The quantitative estimate of drug-likeness (QED) is 0.725. The summed E-state index contributed by atoms with van der Waals surface area (Å²) in [6, 6.07) is 5.80. The van der Waals surface area contributed by atoms with Crippen molar-refractivity contribution in [1.82, 2.24) is 0 Å². The first-order chi connectivity index (χ1) is 8.47. The summed E-state index contributed by atoms with van der Waals surface area (Å²) >= 11 is 0. The van der Waals surface area contributed by atoms with Crippen molar-refractivity contribution in [3.63, 3.8) is 0 Å². The predicted octanol–water partition coefficient (Wildman–Crippen LogP) is 0.974. The van der Waals surface area contributed by atoms with Crippen LogP contribution in [-0.2, 0) is 0 Å². The van der Waals surface area contributed by atoms with Crippen LogP contribution in [0.1, 0.15) is 0 Å². The van der Waals surface area contributed by atoms with Crippen molar-refractivity contribution in [1.29, 1.82) is 0 Å². The lowest BCUT2D eigenvalue weighted by atomic mass is 10.3. The molecule has 0 aromatic heterocycles. The molecule has 1 rings (SSSR count). The minimum absolute atomic E-state index is 0.00992. The molecule has 18 heavy (non-hydrogen) atoms. The van der Waals surface area contributed by atoms with E-state index in [0.717, 1.165) is 0 Å². The maximum atomic E-state index is 8.79. The van der Waals surface area contributed by atoms with Crippen LogP contribution in [0, 0.1) is 0 Å². The maximum absolute atomic E-state index is 8.79. The van der Waals surface area contributed by atoms with Crippen molar-refractivity contribution in [2.45, 2.75) is 19.6 Å². The smallest absolute Gasteiger partial charge is 0.123 e. The Labute approximate surface area is 109 Å². The van der Waals surface area contributed by atoms with E-state index in [2.05, 4.69) is 19.6 Å². The Hall–Kier alpha value is -1.04. The number of hydrogen-bond acceptors (Lipinski definition) is 4. The van der Waals surface area contributed by atoms with Gasteiger partial charge in [-0.25, -0.2) is 0 Å². The van der Waals surface area contributed by atoms with E-state index in [-0.39, 0.29) is 26.4 Å². The van der Waals surface area contributed by atoms with Crippen molar-refractivity contribution in [2.75, 3.05) is 26.4 Å². The summed E-state index contributed by atoms with van der Waals surface area (Å²) < 4.78 is 10.9. The molecule has 0 heterocycles. The molecule has 4 nitrogen and oxygen atoms in total. The summed E-state index contributed by atoms with van der Waals surface area (Å²) in [7, 11) is -1.46. The zero-order valence-electron chi connectivity index (χ0n) is 11.3. The number of ether oxygens (including phenoxy) is 2. The molecule has 2 N–H and O–H groups in total. The number of aliphatic hydroxyl groups excluding tert-OH is 2. The van der Waals surface area contributed by atoms with Crippen molar-refractivity contribution in [3.8, 4) is 11.5 Å². The third-order valence-electron chi connectivity index (χ3n) is 2.47. The zero-order valence-corrected chi connectivity index (χ0v) is 12.3. The number of benzene rings is 1. The molecule has 0 aliphatic carbocycles. The minimum atomic E-state index is -1.46. The second-order valence-corrected chi connectivity index (χ2v) is 10.2. The molecule has 0 saturated heterocycles. The van der Waals surface area contributed by atoms with Crippen LogP contribution in [0.2, 0.25) is 19.6 Å². The first-order valence-corrected chi connectivity index (χ1v) is 9.60. The highest BCUT2D eigenvalue weighted by atomic mass is 28.3. The van der Waals surface area contributed by atoms with Crippen LogP contribution in [0.4, 0.5) is 0 Å². The highest BCUT2D eigenvalue weighted by Gasteiger charge is 2.18. The van der Waals surface area contributed by atoms with Gasteiger partial charge in [-0.3, -0.25) is 0 Å². The van der Waals surface area contributed by atoms with E-state index in [0.29, 0.717) is 11.5 Å². The van der Waals surface area contributed by atoms with Crippen molar-refractivity contribution < 1.29 is 19.7 Å².